The van der Waals surface area contributed by atoms with Gasteiger partial charge < -0.3 is 5.73 Å². The van der Waals surface area contributed by atoms with Crippen LogP contribution in [0.15, 0.2) is 18.5 Å². The minimum atomic E-state index is -4.40. The molecule has 1 aromatic rings. The van der Waals surface area contributed by atoms with Crippen LogP contribution < -0.4 is 11.1 Å². The van der Waals surface area contributed by atoms with Crippen molar-refractivity contribution in [1.29, 1.82) is 0 Å². The van der Waals surface area contributed by atoms with Gasteiger partial charge in [0.05, 0.1) is 6.54 Å². The Morgan fingerprint density at radius 3 is 2.71 bits per heavy atom. The summed E-state index contributed by atoms with van der Waals surface area (Å²) in [6, 6.07) is 0.408. The molecule has 1 unspecified atom stereocenters. The molecule has 1 amide bonds. The second-order valence-electron chi connectivity index (χ2n) is 3.56. The molecule has 17 heavy (non-hydrogen) atoms. The molecule has 0 fully saturated rings. The molecule has 0 aliphatic carbocycles. The molecule has 0 aliphatic rings. The number of primary amides is 1. The van der Waals surface area contributed by atoms with E-state index in [0.717, 1.165) is 0 Å². The third-order valence-electron chi connectivity index (χ3n) is 2.18. The summed E-state index contributed by atoms with van der Waals surface area (Å²) in [4.78, 5) is 14.9. The molecule has 0 radical (unpaired) electrons. The van der Waals surface area contributed by atoms with Crippen molar-refractivity contribution in [1.82, 2.24) is 10.3 Å². The lowest BCUT2D eigenvalue weighted by Gasteiger charge is -2.18. The Morgan fingerprint density at radius 1 is 1.59 bits per heavy atom. The monoisotopic (exact) mass is 247 g/mol. The third kappa shape index (κ3) is 4.03. The van der Waals surface area contributed by atoms with E-state index in [2.05, 4.69) is 10.3 Å². The van der Waals surface area contributed by atoms with Gasteiger partial charge in [-0.1, -0.05) is 0 Å². The van der Waals surface area contributed by atoms with E-state index in [1.165, 1.54) is 12.4 Å². The smallest absolute Gasteiger partial charge is 0.368 e. The highest BCUT2D eigenvalue weighted by Gasteiger charge is 2.30. The predicted octanol–water partition coefficient (Wildman–Crippen LogP) is 1.07. The van der Waals surface area contributed by atoms with Gasteiger partial charge in [-0.3, -0.25) is 15.1 Å². The molecule has 0 spiro atoms. The van der Waals surface area contributed by atoms with E-state index in [1.54, 1.807) is 13.0 Å². The van der Waals surface area contributed by atoms with E-state index in [4.69, 9.17) is 5.73 Å². The maximum atomic E-state index is 12.1. The first-order valence-corrected chi connectivity index (χ1v) is 4.81. The van der Waals surface area contributed by atoms with Gasteiger partial charge >= 0.3 is 6.18 Å². The van der Waals surface area contributed by atoms with Crippen LogP contribution in [0.5, 0.6) is 0 Å². The number of aromatic nitrogens is 1. The maximum Gasteiger partial charge on any atom is 0.401 e. The Labute approximate surface area is 96.0 Å². The number of carbonyl (C=O) groups excluding carboxylic acids is 1. The molecule has 0 aromatic carbocycles. The zero-order valence-electron chi connectivity index (χ0n) is 9.08. The van der Waals surface area contributed by atoms with Gasteiger partial charge in [0.2, 0.25) is 5.91 Å². The molecule has 94 valence electrons. The van der Waals surface area contributed by atoms with Gasteiger partial charge in [0, 0.05) is 12.4 Å². The number of aryl methyl sites for hydroxylation is 1. The van der Waals surface area contributed by atoms with E-state index in [1.807, 2.05) is 0 Å². The van der Waals surface area contributed by atoms with Crippen molar-refractivity contribution in [3.8, 4) is 0 Å². The van der Waals surface area contributed by atoms with Gasteiger partial charge in [-0.2, -0.15) is 13.2 Å². The molecule has 0 aliphatic heterocycles. The molecule has 1 heterocycles. The highest BCUT2D eigenvalue weighted by atomic mass is 19.4. The van der Waals surface area contributed by atoms with Crippen molar-refractivity contribution in [3.05, 3.63) is 29.6 Å². The van der Waals surface area contributed by atoms with Crippen molar-refractivity contribution in [2.24, 2.45) is 5.73 Å². The molecule has 1 aromatic heterocycles. The quantitative estimate of drug-likeness (QED) is 0.836. The van der Waals surface area contributed by atoms with E-state index >= 15 is 0 Å². The molecule has 0 bridgehead atoms. The molecular formula is C10H12F3N3O. The number of nitrogens with zero attached hydrogens (tertiary/aromatic N) is 1. The van der Waals surface area contributed by atoms with Crippen LogP contribution in [-0.4, -0.2) is 23.6 Å². The molecule has 4 nitrogen and oxygen atoms in total. The average Bonchev–Trinajstić information content (AvgIpc) is 2.18. The summed E-state index contributed by atoms with van der Waals surface area (Å²) in [6.45, 7) is 0.386. The van der Waals surface area contributed by atoms with Gasteiger partial charge in [0.1, 0.15) is 6.04 Å². The molecule has 0 saturated heterocycles. The Balaban J connectivity index is 2.88. The molecule has 0 saturated carbocycles. The predicted molar refractivity (Wildman–Crippen MR) is 55.0 cm³/mol. The van der Waals surface area contributed by atoms with Crippen LogP contribution in [0.2, 0.25) is 0 Å². The van der Waals surface area contributed by atoms with Gasteiger partial charge in [-0.15, -0.1) is 0 Å². The largest absolute Gasteiger partial charge is 0.401 e. The number of hydrogen-bond donors (Lipinski definition) is 2. The summed E-state index contributed by atoms with van der Waals surface area (Å²) in [6.07, 6.45) is -1.58. The molecule has 3 N–H and O–H groups in total. The van der Waals surface area contributed by atoms with Crippen LogP contribution in [0.1, 0.15) is 17.2 Å². The maximum absolute atomic E-state index is 12.1. The van der Waals surface area contributed by atoms with Crippen LogP contribution in [0.25, 0.3) is 0 Å². The van der Waals surface area contributed by atoms with E-state index in [-0.39, 0.29) is 0 Å². The van der Waals surface area contributed by atoms with Gasteiger partial charge in [-0.05, 0) is 24.1 Å². The fourth-order valence-electron chi connectivity index (χ4n) is 1.36. The fraction of sp³-hybridized carbons (Fsp3) is 0.400. The van der Waals surface area contributed by atoms with Crippen LogP contribution in [-0.2, 0) is 4.79 Å². The van der Waals surface area contributed by atoms with E-state index in [9.17, 15) is 18.0 Å². The number of hydrogen-bond acceptors (Lipinski definition) is 3. The first kappa shape index (κ1) is 13.4. The molecule has 7 heteroatoms. The third-order valence-corrected chi connectivity index (χ3v) is 2.18. The summed E-state index contributed by atoms with van der Waals surface area (Å²) in [5, 5.41) is 2.08. The highest BCUT2D eigenvalue weighted by Crippen LogP contribution is 2.19. The lowest BCUT2D eigenvalue weighted by atomic mass is 10.0. The standard InChI is InChI=1S/C10H12F3N3O/c1-6-2-3-15-4-7(6)8(9(14)17)16-5-10(11,12)13/h2-4,8,16H,5H2,1H3,(H2,14,17). The second-order valence-corrected chi connectivity index (χ2v) is 3.56. The number of rotatable bonds is 4. The van der Waals surface area contributed by atoms with Gasteiger partial charge in [-0.25, -0.2) is 0 Å². The first-order chi connectivity index (χ1) is 7.81. The fourth-order valence-corrected chi connectivity index (χ4v) is 1.36. The average molecular weight is 247 g/mol. The Hall–Kier alpha value is -1.63. The van der Waals surface area contributed by atoms with Crippen LogP contribution in [0.3, 0.4) is 0 Å². The lowest BCUT2D eigenvalue weighted by molar-refractivity contribution is -0.130. The summed E-state index contributed by atoms with van der Waals surface area (Å²) in [5.74, 6) is -0.870. The van der Waals surface area contributed by atoms with Crippen LogP contribution in [0, 0.1) is 6.92 Å². The number of pyridine rings is 1. The van der Waals surface area contributed by atoms with Gasteiger partial charge in [0.25, 0.3) is 0 Å². The molecular weight excluding hydrogens is 235 g/mol. The number of halogens is 3. The Morgan fingerprint density at radius 2 is 2.24 bits per heavy atom. The number of nitrogens with one attached hydrogen (secondary N) is 1. The number of nitrogens with two attached hydrogens (primary N) is 1. The zero-order valence-corrected chi connectivity index (χ0v) is 9.08. The minimum Gasteiger partial charge on any atom is -0.368 e. The van der Waals surface area contributed by atoms with Crippen molar-refractivity contribution < 1.29 is 18.0 Å². The summed E-state index contributed by atoms with van der Waals surface area (Å²) in [7, 11) is 0. The topological polar surface area (TPSA) is 68.0 Å². The summed E-state index contributed by atoms with van der Waals surface area (Å²) < 4.78 is 36.2. The van der Waals surface area contributed by atoms with Gasteiger partial charge in [0.15, 0.2) is 0 Å². The normalized spacial score (nSPS) is 13.4. The van der Waals surface area contributed by atoms with Crippen LogP contribution >= 0.6 is 0 Å². The molecule has 1 rings (SSSR count). The first-order valence-electron chi connectivity index (χ1n) is 4.81. The van der Waals surface area contributed by atoms with Crippen molar-refractivity contribution in [3.63, 3.8) is 0 Å². The molecule has 1 atom stereocenters. The lowest BCUT2D eigenvalue weighted by Crippen LogP contribution is -2.39. The Kier molecular flexibility index (Phi) is 4.06. The van der Waals surface area contributed by atoms with Crippen LogP contribution in [0.4, 0.5) is 13.2 Å². The van der Waals surface area contributed by atoms with Crippen molar-refractivity contribution >= 4 is 5.91 Å². The van der Waals surface area contributed by atoms with Crippen molar-refractivity contribution in [2.75, 3.05) is 6.54 Å². The number of alkyl halides is 3. The summed E-state index contributed by atoms with van der Waals surface area (Å²) in [5.41, 5.74) is 6.07. The number of carbonyl (C=O) groups is 1. The summed E-state index contributed by atoms with van der Waals surface area (Å²) >= 11 is 0. The Bertz CT molecular complexity index is 406. The zero-order chi connectivity index (χ0) is 13.1. The second kappa shape index (κ2) is 5.13. The minimum absolute atomic E-state index is 0.351. The van der Waals surface area contributed by atoms with E-state index < -0.39 is 24.7 Å². The SMILES string of the molecule is Cc1ccncc1C(NCC(F)(F)F)C(N)=O. The van der Waals surface area contributed by atoms with Crippen molar-refractivity contribution in [2.45, 2.75) is 19.1 Å². The van der Waals surface area contributed by atoms with E-state index in [0.29, 0.717) is 11.1 Å². The highest BCUT2D eigenvalue weighted by molar-refractivity contribution is 5.81. The number of amides is 1.